The van der Waals surface area contributed by atoms with Crippen LogP contribution in [0.5, 0.6) is 0 Å². The van der Waals surface area contributed by atoms with Gasteiger partial charge in [-0.05, 0) is 23.3 Å². The van der Waals surface area contributed by atoms with Crippen molar-refractivity contribution in [1.82, 2.24) is 0 Å². The van der Waals surface area contributed by atoms with E-state index in [1.807, 2.05) is 91.0 Å². The van der Waals surface area contributed by atoms with Crippen molar-refractivity contribution < 1.29 is 4.79 Å². The summed E-state index contributed by atoms with van der Waals surface area (Å²) in [6, 6.07) is 29.6. The van der Waals surface area contributed by atoms with E-state index in [0.717, 1.165) is 16.8 Å². The molecular weight excluding hydrogens is 308 g/mol. The zero-order valence-electron chi connectivity index (χ0n) is 14.1. The van der Waals surface area contributed by atoms with Gasteiger partial charge in [-0.15, -0.1) is 0 Å². The van der Waals surface area contributed by atoms with Crippen LogP contribution in [0.15, 0.2) is 96.1 Å². The van der Waals surface area contributed by atoms with E-state index >= 15 is 0 Å². The minimum atomic E-state index is -0.212. The number of rotatable bonds is 6. The number of anilines is 1. The van der Waals surface area contributed by atoms with Gasteiger partial charge in [0, 0.05) is 6.92 Å². The Morgan fingerprint density at radius 3 is 1.64 bits per heavy atom. The average molecular weight is 328 g/mol. The zero-order valence-corrected chi connectivity index (χ0v) is 14.1. The van der Waals surface area contributed by atoms with Crippen LogP contribution in [-0.2, 0) is 4.79 Å². The van der Waals surface area contributed by atoms with Gasteiger partial charge in [-0.3, -0.25) is 10.2 Å². The number of hydrazone groups is 1. The molecule has 3 nitrogen and oxygen atoms in total. The third kappa shape index (κ3) is 4.21. The Morgan fingerprint density at radius 2 is 1.20 bits per heavy atom. The number of carbonyl (C=O) groups is 1. The molecule has 0 saturated heterocycles. The summed E-state index contributed by atoms with van der Waals surface area (Å²) < 4.78 is 0. The van der Waals surface area contributed by atoms with Crippen molar-refractivity contribution in [1.29, 1.82) is 0 Å². The molecule has 3 aromatic rings. The van der Waals surface area contributed by atoms with E-state index in [1.54, 1.807) is 6.92 Å². The van der Waals surface area contributed by atoms with Gasteiger partial charge in [0.2, 0.25) is 0 Å². The van der Waals surface area contributed by atoms with E-state index in [1.165, 1.54) is 0 Å². The SMILES string of the molecule is CC(=O)C(=NNc1ccccc1)C(c1ccccc1)c1ccccc1. The molecule has 0 heterocycles. The monoisotopic (exact) mass is 328 g/mol. The van der Waals surface area contributed by atoms with Crippen LogP contribution in [0.2, 0.25) is 0 Å². The molecule has 3 rings (SSSR count). The molecule has 0 atom stereocenters. The maximum atomic E-state index is 12.4. The molecule has 0 aliphatic heterocycles. The van der Waals surface area contributed by atoms with Crippen molar-refractivity contribution in [3.05, 3.63) is 102 Å². The molecular formula is C22H20N2O. The predicted molar refractivity (Wildman–Crippen MR) is 103 cm³/mol. The number of para-hydroxylation sites is 1. The minimum absolute atomic E-state index is 0.0545. The van der Waals surface area contributed by atoms with Crippen molar-refractivity contribution >= 4 is 17.2 Å². The first-order valence-electron chi connectivity index (χ1n) is 8.25. The summed E-state index contributed by atoms with van der Waals surface area (Å²) in [6.07, 6.45) is 0. The third-order valence-corrected chi connectivity index (χ3v) is 3.98. The highest BCUT2D eigenvalue weighted by molar-refractivity contribution is 6.41. The molecule has 0 saturated carbocycles. The Labute approximate surface area is 148 Å². The molecule has 1 N–H and O–H groups in total. The third-order valence-electron chi connectivity index (χ3n) is 3.98. The molecule has 3 heteroatoms. The van der Waals surface area contributed by atoms with Crippen LogP contribution in [0.1, 0.15) is 24.0 Å². The van der Waals surface area contributed by atoms with Crippen LogP contribution in [0.3, 0.4) is 0 Å². The lowest BCUT2D eigenvalue weighted by Gasteiger charge is -2.19. The van der Waals surface area contributed by atoms with Gasteiger partial charge in [0.15, 0.2) is 5.78 Å². The molecule has 0 aliphatic carbocycles. The first kappa shape index (κ1) is 16.7. The normalized spacial score (nSPS) is 11.4. The quantitative estimate of drug-likeness (QED) is 0.518. The summed E-state index contributed by atoms with van der Waals surface area (Å²) in [5.41, 5.74) is 6.43. The topological polar surface area (TPSA) is 41.5 Å². The van der Waals surface area contributed by atoms with Gasteiger partial charge in [-0.2, -0.15) is 5.10 Å². The molecule has 0 bridgehead atoms. The summed E-state index contributed by atoms with van der Waals surface area (Å²) in [5, 5.41) is 4.46. The molecule has 3 aromatic carbocycles. The summed E-state index contributed by atoms with van der Waals surface area (Å²) in [6.45, 7) is 1.56. The van der Waals surface area contributed by atoms with E-state index in [-0.39, 0.29) is 11.7 Å². The largest absolute Gasteiger partial charge is 0.293 e. The number of hydrogen-bond acceptors (Lipinski definition) is 3. The van der Waals surface area contributed by atoms with E-state index in [4.69, 9.17) is 0 Å². The number of carbonyl (C=O) groups excluding carboxylic acids is 1. The molecule has 0 spiro atoms. The highest BCUT2D eigenvalue weighted by atomic mass is 16.1. The van der Waals surface area contributed by atoms with Crippen LogP contribution in [-0.4, -0.2) is 11.5 Å². The number of ketones is 1. The van der Waals surface area contributed by atoms with Gasteiger partial charge in [0.25, 0.3) is 0 Å². The second-order valence-corrected chi connectivity index (χ2v) is 5.79. The van der Waals surface area contributed by atoms with Crippen LogP contribution in [0, 0.1) is 0 Å². The van der Waals surface area contributed by atoms with Crippen molar-refractivity contribution in [2.45, 2.75) is 12.8 Å². The van der Waals surface area contributed by atoms with Crippen LogP contribution >= 0.6 is 0 Å². The van der Waals surface area contributed by atoms with Gasteiger partial charge in [-0.25, -0.2) is 0 Å². The standard InChI is InChI=1S/C22H20N2O/c1-17(25)22(24-23-20-15-9-4-10-16-20)21(18-11-5-2-6-12-18)19-13-7-3-8-14-19/h2-16,21,23H,1H3. The molecule has 25 heavy (non-hydrogen) atoms. The Balaban J connectivity index is 2.03. The summed E-state index contributed by atoms with van der Waals surface area (Å²) in [4.78, 5) is 12.4. The predicted octanol–water partition coefficient (Wildman–Crippen LogP) is 4.88. The highest BCUT2D eigenvalue weighted by Crippen LogP contribution is 2.27. The lowest BCUT2D eigenvalue weighted by molar-refractivity contribution is -0.111. The molecule has 0 radical (unpaired) electrons. The average Bonchev–Trinajstić information content (AvgIpc) is 2.67. The molecule has 0 unspecified atom stereocenters. The minimum Gasteiger partial charge on any atom is -0.293 e. The fourth-order valence-electron chi connectivity index (χ4n) is 2.78. The maximum absolute atomic E-state index is 12.4. The maximum Gasteiger partial charge on any atom is 0.176 e. The van der Waals surface area contributed by atoms with Crippen LogP contribution < -0.4 is 5.43 Å². The van der Waals surface area contributed by atoms with Gasteiger partial charge >= 0.3 is 0 Å². The summed E-state index contributed by atoms with van der Waals surface area (Å²) in [5.74, 6) is -0.266. The zero-order chi connectivity index (χ0) is 17.5. The fourth-order valence-corrected chi connectivity index (χ4v) is 2.78. The van der Waals surface area contributed by atoms with Crippen LogP contribution in [0.4, 0.5) is 5.69 Å². The smallest absolute Gasteiger partial charge is 0.176 e. The van der Waals surface area contributed by atoms with E-state index < -0.39 is 0 Å². The molecule has 0 amide bonds. The van der Waals surface area contributed by atoms with Crippen molar-refractivity contribution in [3.8, 4) is 0 Å². The van der Waals surface area contributed by atoms with Crippen LogP contribution in [0.25, 0.3) is 0 Å². The first-order chi connectivity index (χ1) is 12.3. The lowest BCUT2D eigenvalue weighted by atomic mass is 9.86. The van der Waals surface area contributed by atoms with Gasteiger partial charge < -0.3 is 0 Å². The summed E-state index contributed by atoms with van der Waals surface area (Å²) >= 11 is 0. The highest BCUT2D eigenvalue weighted by Gasteiger charge is 2.24. The molecule has 0 aliphatic rings. The molecule has 124 valence electrons. The van der Waals surface area contributed by atoms with Gasteiger partial charge in [0.05, 0.1) is 11.6 Å². The second-order valence-electron chi connectivity index (χ2n) is 5.79. The first-order valence-corrected chi connectivity index (χ1v) is 8.25. The van der Waals surface area contributed by atoms with E-state index in [0.29, 0.717) is 5.71 Å². The Bertz CT molecular complexity index is 803. The Hall–Kier alpha value is -3.20. The van der Waals surface area contributed by atoms with E-state index in [9.17, 15) is 4.79 Å². The van der Waals surface area contributed by atoms with Gasteiger partial charge in [0.1, 0.15) is 5.71 Å². The number of nitrogens with zero attached hydrogens (tertiary/aromatic N) is 1. The van der Waals surface area contributed by atoms with E-state index in [2.05, 4.69) is 10.5 Å². The van der Waals surface area contributed by atoms with Crippen molar-refractivity contribution in [2.75, 3.05) is 5.43 Å². The molecule has 0 fully saturated rings. The van der Waals surface area contributed by atoms with Gasteiger partial charge in [-0.1, -0.05) is 78.9 Å². The Morgan fingerprint density at radius 1 is 0.760 bits per heavy atom. The number of benzene rings is 3. The fraction of sp³-hybridized carbons (Fsp3) is 0.0909. The second kappa shape index (κ2) is 8.06. The van der Waals surface area contributed by atoms with Crippen molar-refractivity contribution in [3.63, 3.8) is 0 Å². The number of hydrogen-bond donors (Lipinski definition) is 1. The number of nitrogens with one attached hydrogen (secondary N) is 1. The summed E-state index contributed by atoms with van der Waals surface area (Å²) in [7, 11) is 0. The number of Topliss-reactive ketones (excluding diaryl/α,β-unsaturated/α-hetero) is 1. The lowest BCUT2D eigenvalue weighted by Crippen LogP contribution is -2.22. The molecule has 0 aromatic heterocycles. The Kier molecular flexibility index (Phi) is 5.37. The van der Waals surface area contributed by atoms with Crippen molar-refractivity contribution in [2.24, 2.45) is 5.10 Å².